The van der Waals surface area contributed by atoms with Crippen LogP contribution in [-0.4, -0.2) is 14.5 Å². The number of benzene rings is 4. The Morgan fingerprint density at radius 2 is 1.47 bits per heavy atom. The van der Waals surface area contributed by atoms with Gasteiger partial charge < -0.3 is 4.57 Å². The third-order valence-corrected chi connectivity index (χ3v) is 6.51. The van der Waals surface area contributed by atoms with Gasteiger partial charge in [-0.2, -0.15) is 0 Å². The molecule has 0 fully saturated rings. The summed E-state index contributed by atoms with van der Waals surface area (Å²) in [5, 5.41) is 11.6. The van der Waals surface area contributed by atoms with Crippen molar-refractivity contribution >= 4 is 22.8 Å². The minimum atomic E-state index is -0.335. The highest BCUT2D eigenvalue weighted by Gasteiger charge is 2.34. The zero-order chi connectivity index (χ0) is 23.1. The smallest absolute Gasteiger partial charge is 0.276 e. The van der Waals surface area contributed by atoms with E-state index in [2.05, 4.69) is 65.2 Å². The molecule has 0 saturated carbocycles. The Labute approximate surface area is 196 Å². The van der Waals surface area contributed by atoms with Crippen LogP contribution in [0.15, 0.2) is 109 Å². The number of rotatable bonds is 4. The number of aromatic nitrogens is 2. The van der Waals surface area contributed by atoms with Gasteiger partial charge in [-0.3, -0.25) is 10.1 Å². The van der Waals surface area contributed by atoms with E-state index in [1.165, 1.54) is 22.8 Å². The van der Waals surface area contributed by atoms with Gasteiger partial charge in [0.05, 0.1) is 33.5 Å². The molecule has 5 aromatic rings. The standard InChI is InChI=1S/C29H21N3O2/c33-32(34)25-16-8-4-10-20(25)18-19-26-22-13-5-6-14-23(22)28(21-11-2-1-3-12-21)29-30-24-15-7-9-17-27(24)31(26)29/h1-19,26,28H/b19-18+. The number of fused-ring (bicyclic) bond motifs is 4. The molecule has 2 unspecified atom stereocenters. The van der Waals surface area contributed by atoms with Crippen molar-refractivity contribution in [3.05, 3.63) is 147 Å². The highest BCUT2D eigenvalue weighted by molar-refractivity contribution is 5.78. The van der Waals surface area contributed by atoms with Gasteiger partial charge >= 0.3 is 0 Å². The van der Waals surface area contributed by atoms with Gasteiger partial charge in [0.1, 0.15) is 5.82 Å². The molecule has 0 spiro atoms. The van der Waals surface area contributed by atoms with E-state index in [1.807, 2.05) is 36.4 Å². The lowest BCUT2D eigenvalue weighted by molar-refractivity contribution is -0.385. The Kier molecular flexibility index (Phi) is 4.81. The first-order valence-corrected chi connectivity index (χ1v) is 11.2. The van der Waals surface area contributed by atoms with Crippen molar-refractivity contribution in [2.45, 2.75) is 12.0 Å². The summed E-state index contributed by atoms with van der Waals surface area (Å²) in [7, 11) is 0. The molecule has 0 bridgehead atoms. The third-order valence-electron chi connectivity index (χ3n) is 6.51. The molecule has 0 amide bonds. The van der Waals surface area contributed by atoms with Gasteiger partial charge in [-0.1, -0.05) is 84.9 Å². The number of para-hydroxylation sites is 3. The molecule has 5 nitrogen and oxygen atoms in total. The van der Waals surface area contributed by atoms with E-state index < -0.39 is 0 Å². The number of imidazole rings is 1. The van der Waals surface area contributed by atoms with Crippen LogP contribution in [0.1, 0.15) is 40.0 Å². The van der Waals surface area contributed by atoms with Crippen molar-refractivity contribution in [2.75, 3.05) is 0 Å². The predicted molar refractivity (Wildman–Crippen MR) is 134 cm³/mol. The van der Waals surface area contributed by atoms with E-state index in [1.54, 1.807) is 12.1 Å². The molecular formula is C29H21N3O2. The largest absolute Gasteiger partial charge is 0.316 e. The minimum Gasteiger partial charge on any atom is -0.316 e. The van der Waals surface area contributed by atoms with Crippen molar-refractivity contribution in [3.63, 3.8) is 0 Å². The third kappa shape index (κ3) is 3.21. The minimum absolute atomic E-state index is 0.000474. The molecule has 0 radical (unpaired) electrons. The number of nitrogens with zero attached hydrogens (tertiary/aromatic N) is 3. The van der Waals surface area contributed by atoms with Crippen LogP contribution in [0.4, 0.5) is 5.69 Å². The first-order valence-electron chi connectivity index (χ1n) is 11.2. The van der Waals surface area contributed by atoms with Crippen LogP contribution in [0, 0.1) is 10.1 Å². The monoisotopic (exact) mass is 443 g/mol. The van der Waals surface area contributed by atoms with Crippen LogP contribution in [0.25, 0.3) is 17.1 Å². The number of hydrogen-bond donors (Lipinski definition) is 0. The SMILES string of the molecule is O=[N+]([O-])c1ccccc1/C=C/C1c2ccccc2C(c2ccccc2)c2nc3ccccc3n21. The zero-order valence-electron chi connectivity index (χ0n) is 18.3. The van der Waals surface area contributed by atoms with Crippen LogP contribution >= 0.6 is 0 Å². The molecule has 4 aromatic carbocycles. The fraction of sp³-hybridized carbons (Fsp3) is 0.0690. The Morgan fingerprint density at radius 1 is 0.794 bits per heavy atom. The number of allylic oxidation sites excluding steroid dienone is 1. The van der Waals surface area contributed by atoms with Gasteiger partial charge in [0.15, 0.2) is 0 Å². The number of hydrogen-bond acceptors (Lipinski definition) is 3. The lowest BCUT2D eigenvalue weighted by Crippen LogP contribution is -2.24. The van der Waals surface area contributed by atoms with Crippen LogP contribution in [0.5, 0.6) is 0 Å². The summed E-state index contributed by atoms with van der Waals surface area (Å²) in [6, 6.07) is 33.7. The summed E-state index contributed by atoms with van der Waals surface area (Å²) in [5.41, 5.74) is 6.23. The number of nitro benzene ring substituents is 1. The fourth-order valence-electron chi connectivity index (χ4n) is 5.03. The lowest BCUT2D eigenvalue weighted by atomic mass is 9.82. The maximum Gasteiger partial charge on any atom is 0.276 e. The summed E-state index contributed by atoms with van der Waals surface area (Å²) in [5.74, 6) is 0.976. The predicted octanol–water partition coefficient (Wildman–Crippen LogP) is 6.74. The van der Waals surface area contributed by atoms with Gasteiger partial charge in [0.25, 0.3) is 5.69 Å². The van der Waals surface area contributed by atoms with E-state index in [0.29, 0.717) is 5.56 Å². The van der Waals surface area contributed by atoms with E-state index >= 15 is 0 Å². The Balaban J connectivity index is 1.59. The van der Waals surface area contributed by atoms with E-state index in [4.69, 9.17) is 4.98 Å². The Bertz CT molecular complexity index is 1550. The van der Waals surface area contributed by atoms with Crippen LogP contribution < -0.4 is 0 Å². The molecule has 2 atom stereocenters. The fourth-order valence-corrected chi connectivity index (χ4v) is 5.03. The Morgan fingerprint density at radius 3 is 2.29 bits per heavy atom. The van der Waals surface area contributed by atoms with E-state index in [9.17, 15) is 10.1 Å². The molecule has 0 N–H and O–H groups in total. The lowest BCUT2D eigenvalue weighted by Gasteiger charge is -2.32. The summed E-state index contributed by atoms with van der Waals surface area (Å²) in [4.78, 5) is 16.3. The molecule has 164 valence electrons. The molecule has 1 aliphatic heterocycles. The maximum atomic E-state index is 11.6. The molecular weight excluding hydrogens is 422 g/mol. The van der Waals surface area contributed by atoms with Gasteiger partial charge in [-0.15, -0.1) is 0 Å². The quantitative estimate of drug-likeness (QED) is 0.228. The topological polar surface area (TPSA) is 61.0 Å². The van der Waals surface area contributed by atoms with Gasteiger partial charge in [-0.25, -0.2) is 4.98 Å². The first kappa shape index (κ1) is 20.1. The second-order valence-corrected chi connectivity index (χ2v) is 8.42. The number of nitro groups is 1. The molecule has 5 heteroatoms. The van der Waals surface area contributed by atoms with Crippen LogP contribution in [0.3, 0.4) is 0 Å². The highest BCUT2D eigenvalue weighted by atomic mass is 16.6. The van der Waals surface area contributed by atoms with Crippen LogP contribution in [-0.2, 0) is 0 Å². The van der Waals surface area contributed by atoms with Crippen molar-refractivity contribution < 1.29 is 4.92 Å². The molecule has 0 aliphatic carbocycles. The Hall–Kier alpha value is -4.51. The first-order chi connectivity index (χ1) is 16.7. The summed E-state index contributed by atoms with van der Waals surface area (Å²) in [6.45, 7) is 0. The maximum absolute atomic E-state index is 11.6. The molecule has 2 heterocycles. The molecule has 6 rings (SSSR count). The summed E-state index contributed by atoms with van der Waals surface area (Å²) < 4.78 is 2.28. The highest BCUT2D eigenvalue weighted by Crippen LogP contribution is 2.44. The summed E-state index contributed by atoms with van der Waals surface area (Å²) >= 11 is 0. The van der Waals surface area contributed by atoms with Gasteiger partial charge in [0, 0.05) is 6.07 Å². The molecule has 1 aromatic heterocycles. The average molecular weight is 444 g/mol. The van der Waals surface area contributed by atoms with Crippen molar-refractivity contribution in [1.29, 1.82) is 0 Å². The van der Waals surface area contributed by atoms with Crippen LogP contribution in [0.2, 0.25) is 0 Å². The van der Waals surface area contributed by atoms with Gasteiger partial charge in [-0.05, 0) is 41.0 Å². The van der Waals surface area contributed by atoms with Crippen molar-refractivity contribution in [3.8, 4) is 0 Å². The second kappa shape index (κ2) is 8.12. The van der Waals surface area contributed by atoms with E-state index in [-0.39, 0.29) is 22.6 Å². The van der Waals surface area contributed by atoms with E-state index in [0.717, 1.165) is 16.9 Å². The normalized spacial score (nSPS) is 16.9. The summed E-state index contributed by atoms with van der Waals surface area (Å²) in [6.07, 6.45) is 3.92. The second-order valence-electron chi connectivity index (χ2n) is 8.42. The molecule has 34 heavy (non-hydrogen) atoms. The zero-order valence-corrected chi connectivity index (χ0v) is 18.3. The van der Waals surface area contributed by atoms with Crippen molar-refractivity contribution in [1.82, 2.24) is 9.55 Å². The molecule has 0 saturated heterocycles. The average Bonchev–Trinajstić information content (AvgIpc) is 3.26. The molecule has 1 aliphatic rings. The van der Waals surface area contributed by atoms with Gasteiger partial charge in [0.2, 0.25) is 0 Å². The van der Waals surface area contributed by atoms with Crippen molar-refractivity contribution in [2.24, 2.45) is 0 Å².